The molecule has 2 rings (SSSR count). The highest BCUT2D eigenvalue weighted by Gasteiger charge is 2.23. The summed E-state index contributed by atoms with van der Waals surface area (Å²) in [6.07, 6.45) is 1.76. The van der Waals surface area contributed by atoms with Gasteiger partial charge in [0, 0.05) is 26.3 Å². The van der Waals surface area contributed by atoms with Crippen LogP contribution in [0, 0.1) is 0 Å². The zero-order valence-electron chi connectivity index (χ0n) is 16.8. The van der Waals surface area contributed by atoms with E-state index in [2.05, 4.69) is 15.5 Å². The normalized spacial score (nSPS) is 11.6. The van der Waals surface area contributed by atoms with E-state index < -0.39 is 10.0 Å². The summed E-state index contributed by atoms with van der Waals surface area (Å²) >= 11 is 1.13. The third-order valence-electron chi connectivity index (χ3n) is 4.00. The summed E-state index contributed by atoms with van der Waals surface area (Å²) < 4.78 is 32.6. The second kappa shape index (κ2) is 9.94. The van der Waals surface area contributed by atoms with Gasteiger partial charge in [0.25, 0.3) is 0 Å². The fourth-order valence-corrected chi connectivity index (χ4v) is 4.25. The van der Waals surface area contributed by atoms with Gasteiger partial charge in [0.05, 0.1) is 12.9 Å². The van der Waals surface area contributed by atoms with Crippen LogP contribution in [0.5, 0.6) is 5.75 Å². The van der Waals surface area contributed by atoms with Crippen LogP contribution >= 0.6 is 11.8 Å². The molecule has 0 atom stereocenters. The van der Waals surface area contributed by atoms with Gasteiger partial charge in [-0.2, -0.15) is 0 Å². The Morgan fingerprint density at radius 1 is 1.38 bits per heavy atom. The lowest BCUT2D eigenvalue weighted by Gasteiger charge is -2.16. The van der Waals surface area contributed by atoms with Crippen molar-refractivity contribution in [2.45, 2.75) is 36.4 Å². The van der Waals surface area contributed by atoms with Crippen molar-refractivity contribution in [3.8, 4) is 5.75 Å². The smallest absolute Gasteiger partial charge is 0.343 e. The largest absolute Gasteiger partial charge is 0.495 e. The summed E-state index contributed by atoms with van der Waals surface area (Å²) in [5, 5.41) is 9.42. The van der Waals surface area contributed by atoms with Crippen LogP contribution in [-0.4, -0.2) is 60.4 Å². The fraction of sp³-hybridized carbons (Fsp3) is 0.471. The zero-order chi connectivity index (χ0) is 21.6. The number of rotatable bonds is 10. The minimum atomic E-state index is -3.75. The number of hydrogen-bond acceptors (Lipinski definition) is 7. The molecule has 0 saturated carbocycles. The Hall–Kier alpha value is -2.31. The van der Waals surface area contributed by atoms with Gasteiger partial charge in [-0.25, -0.2) is 22.6 Å². The van der Waals surface area contributed by atoms with Gasteiger partial charge in [0.1, 0.15) is 10.6 Å². The molecule has 1 aromatic carbocycles. The van der Waals surface area contributed by atoms with Crippen molar-refractivity contribution in [1.29, 1.82) is 0 Å². The van der Waals surface area contributed by atoms with Crippen molar-refractivity contribution in [2.75, 3.05) is 32.3 Å². The first-order valence-electron chi connectivity index (χ1n) is 8.89. The number of ether oxygens (including phenoxy) is 1. The van der Waals surface area contributed by atoms with Crippen LogP contribution in [0.15, 0.2) is 33.0 Å². The Labute approximate surface area is 173 Å². The quantitative estimate of drug-likeness (QED) is 0.531. The Morgan fingerprint density at radius 3 is 2.72 bits per heavy atom. The molecule has 0 fully saturated rings. The average Bonchev–Trinajstić information content (AvgIpc) is 3.04. The maximum atomic E-state index is 12.5. The fourth-order valence-electron chi connectivity index (χ4n) is 2.41. The van der Waals surface area contributed by atoms with Gasteiger partial charge >= 0.3 is 5.69 Å². The number of amides is 1. The monoisotopic (exact) mass is 443 g/mol. The number of methoxy groups -OCH3 is 1. The molecule has 12 heteroatoms. The van der Waals surface area contributed by atoms with Crippen molar-refractivity contribution in [1.82, 2.24) is 19.1 Å². The number of sulfonamides is 1. The van der Waals surface area contributed by atoms with E-state index in [1.165, 1.54) is 37.9 Å². The van der Waals surface area contributed by atoms with E-state index >= 15 is 0 Å². The van der Waals surface area contributed by atoms with Crippen LogP contribution in [0.3, 0.4) is 0 Å². The maximum Gasteiger partial charge on any atom is 0.343 e. The molecule has 0 saturated heterocycles. The van der Waals surface area contributed by atoms with Gasteiger partial charge in [0.2, 0.25) is 15.9 Å². The summed E-state index contributed by atoms with van der Waals surface area (Å²) in [6.45, 7) is 2.55. The van der Waals surface area contributed by atoms with Gasteiger partial charge < -0.3 is 10.1 Å². The van der Waals surface area contributed by atoms with E-state index in [-0.39, 0.29) is 28.0 Å². The molecule has 0 unspecified atom stereocenters. The van der Waals surface area contributed by atoms with Gasteiger partial charge in [0.15, 0.2) is 5.16 Å². The Morgan fingerprint density at radius 2 is 2.10 bits per heavy atom. The van der Waals surface area contributed by atoms with Crippen LogP contribution in [0.2, 0.25) is 0 Å². The van der Waals surface area contributed by atoms with E-state index in [1.54, 1.807) is 6.07 Å². The second-order valence-electron chi connectivity index (χ2n) is 6.31. The predicted octanol–water partition coefficient (Wildman–Crippen LogP) is 1.36. The third-order valence-corrected chi connectivity index (χ3v) is 6.81. The number of aromatic nitrogens is 3. The van der Waals surface area contributed by atoms with Crippen molar-refractivity contribution in [2.24, 2.45) is 0 Å². The molecule has 29 heavy (non-hydrogen) atoms. The van der Waals surface area contributed by atoms with Gasteiger partial charge in [-0.3, -0.25) is 9.36 Å². The summed E-state index contributed by atoms with van der Waals surface area (Å²) in [6, 6.07) is 4.39. The topological polar surface area (TPSA) is 126 Å². The summed E-state index contributed by atoms with van der Waals surface area (Å²) in [5.41, 5.74) is 0.0114. The minimum absolute atomic E-state index is 0.0121. The lowest BCUT2D eigenvalue weighted by molar-refractivity contribution is -0.113. The molecule has 2 N–H and O–H groups in total. The Kier molecular flexibility index (Phi) is 7.88. The molecule has 10 nitrogen and oxygen atoms in total. The molecule has 0 aliphatic heterocycles. The number of thioether (sulfide) groups is 1. The number of carbonyl (C=O) groups is 1. The molecule has 0 aliphatic carbocycles. The lowest BCUT2D eigenvalue weighted by atomic mass is 10.3. The first-order chi connectivity index (χ1) is 13.7. The first-order valence-corrected chi connectivity index (χ1v) is 11.3. The second-order valence-corrected chi connectivity index (χ2v) is 9.37. The number of nitrogens with one attached hydrogen (secondary N) is 2. The number of H-pyrrole nitrogens is 1. The highest BCUT2D eigenvalue weighted by atomic mass is 32.2. The van der Waals surface area contributed by atoms with Crippen molar-refractivity contribution < 1.29 is 17.9 Å². The molecule has 1 aromatic heterocycles. The highest BCUT2D eigenvalue weighted by Crippen LogP contribution is 2.29. The molecule has 0 bridgehead atoms. The van der Waals surface area contributed by atoms with Crippen LogP contribution < -0.4 is 15.7 Å². The minimum Gasteiger partial charge on any atom is -0.495 e. The zero-order valence-corrected chi connectivity index (χ0v) is 18.4. The molecule has 1 heterocycles. The summed E-state index contributed by atoms with van der Waals surface area (Å²) in [4.78, 5) is 24.1. The molecular formula is C17H25N5O5S2. The Bertz CT molecular complexity index is 1010. The summed E-state index contributed by atoms with van der Waals surface area (Å²) in [5.74, 6) is -0.161. The van der Waals surface area contributed by atoms with Gasteiger partial charge in [-0.1, -0.05) is 25.1 Å². The molecule has 0 aliphatic rings. The number of anilines is 1. The molecule has 1 amide bonds. The van der Waals surface area contributed by atoms with Crippen LogP contribution in [-0.2, 0) is 21.4 Å². The van der Waals surface area contributed by atoms with Gasteiger partial charge in [-0.15, -0.1) is 5.10 Å². The van der Waals surface area contributed by atoms with Crippen LogP contribution in [0.25, 0.3) is 0 Å². The molecule has 2 aromatic rings. The predicted molar refractivity (Wildman–Crippen MR) is 111 cm³/mol. The Balaban J connectivity index is 2.11. The van der Waals surface area contributed by atoms with Crippen molar-refractivity contribution in [3.05, 3.63) is 28.7 Å². The number of nitrogens with zero attached hydrogens (tertiary/aromatic N) is 3. The van der Waals surface area contributed by atoms with Crippen molar-refractivity contribution >= 4 is 33.4 Å². The first kappa shape index (κ1) is 23.0. The molecule has 160 valence electrons. The third kappa shape index (κ3) is 5.61. The number of carbonyl (C=O) groups excluding carboxylic acids is 1. The summed E-state index contributed by atoms with van der Waals surface area (Å²) in [7, 11) is 0.461. The van der Waals surface area contributed by atoms with Crippen LogP contribution in [0.4, 0.5) is 5.69 Å². The van der Waals surface area contributed by atoms with E-state index in [9.17, 15) is 18.0 Å². The van der Waals surface area contributed by atoms with E-state index in [0.29, 0.717) is 17.4 Å². The number of hydrogen-bond donors (Lipinski definition) is 2. The molecule has 0 spiro atoms. The van der Waals surface area contributed by atoms with Gasteiger partial charge in [-0.05, 0) is 24.6 Å². The van der Waals surface area contributed by atoms with E-state index in [0.717, 1.165) is 28.9 Å². The lowest BCUT2D eigenvalue weighted by Crippen LogP contribution is -2.23. The van der Waals surface area contributed by atoms with Crippen molar-refractivity contribution in [3.63, 3.8) is 0 Å². The standard InChI is InChI=1S/C17H25N5O5S2/c1-5-6-9-22-16(24)19-20-17(22)28-11-15(23)18-12-7-8-13(27-4)14(10-12)29(25,26)21(2)3/h7-8,10H,5-6,9,11H2,1-4H3,(H,18,23)(H,19,24). The SMILES string of the molecule is CCCCn1c(SCC(=O)Nc2ccc(OC)c(S(=O)(=O)N(C)C)c2)n[nH]c1=O. The highest BCUT2D eigenvalue weighted by molar-refractivity contribution is 7.99. The number of aromatic amines is 1. The molecular weight excluding hydrogens is 418 g/mol. The number of unbranched alkanes of at least 4 members (excludes halogenated alkanes) is 1. The number of benzene rings is 1. The molecule has 0 radical (unpaired) electrons. The van der Waals surface area contributed by atoms with Crippen LogP contribution in [0.1, 0.15) is 19.8 Å². The van der Waals surface area contributed by atoms with E-state index in [1.807, 2.05) is 6.92 Å². The van der Waals surface area contributed by atoms with E-state index in [4.69, 9.17) is 4.74 Å². The maximum absolute atomic E-state index is 12.5. The average molecular weight is 444 g/mol.